The number of fused-ring (bicyclic) bond motifs is 1. The molecule has 0 aliphatic carbocycles. The number of thiazole rings is 1. The Morgan fingerprint density at radius 1 is 1.12 bits per heavy atom. The van der Waals surface area contributed by atoms with Crippen molar-refractivity contribution in [1.29, 1.82) is 0 Å². The molecular formula is C23H28N8OS2. The van der Waals surface area contributed by atoms with Gasteiger partial charge in [-0.15, -0.1) is 16.4 Å². The number of hydrogen-bond acceptors (Lipinski definition) is 9. The van der Waals surface area contributed by atoms with Crippen molar-refractivity contribution in [3.8, 4) is 11.3 Å². The van der Waals surface area contributed by atoms with Crippen LogP contribution in [-0.4, -0.2) is 68.7 Å². The van der Waals surface area contributed by atoms with E-state index in [-0.39, 0.29) is 11.4 Å². The van der Waals surface area contributed by atoms with E-state index in [1.54, 1.807) is 17.5 Å². The SMILES string of the molecule is CC(C)(C)Nc1c(-c2ccccc2)nc2sc(N3CCN(CC(=O)Nc4nccs4)CC3)nn12. The lowest BCUT2D eigenvalue weighted by Crippen LogP contribution is -2.48. The Labute approximate surface area is 206 Å². The first-order chi connectivity index (χ1) is 16.4. The summed E-state index contributed by atoms with van der Waals surface area (Å²) in [7, 11) is 0. The molecule has 34 heavy (non-hydrogen) atoms. The molecule has 1 amide bonds. The monoisotopic (exact) mass is 496 g/mol. The molecule has 1 fully saturated rings. The van der Waals surface area contributed by atoms with Gasteiger partial charge < -0.3 is 15.5 Å². The Balaban J connectivity index is 1.30. The number of nitrogens with one attached hydrogen (secondary N) is 2. The highest BCUT2D eigenvalue weighted by Gasteiger charge is 2.25. The summed E-state index contributed by atoms with van der Waals surface area (Å²) in [5.74, 6) is 0.885. The van der Waals surface area contributed by atoms with E-state index in [1.165, 1.54) is 11.3 Å². The third-order valence-electron chi connectivity index (χ3n) is 5.42. The molecule has 1 saturated heterocycles. The normalized spacial score (nSPS) is 15.1. The summed E-state index contributed by atoms with van der Waals surface area (Å²) in [4.78, 5) is 26.6. The van der Waals surface area contributed by atoms with Crippen LogP contribution in [0, 0.1) is 0 Å². The predicted molar refractivity (Wildman–Crippen MR) is 139 cm³/mol. The Kier molecular flexibility index (Phi) is 6.24. The maximum atomic E-state index is 12.3. The lowest BCUT2D eigenvalue weighted by atomic mass is 10.1. The summed E-state index contributed by atoms with van der Waals surface area (Å²) < 4.78 is 1.93. The van der Waals surface area contributed by atoms with Crippen LogP contribution in [0.3, 0.4) is 0 Å². The molecule has 1 aliphatic rings. The number of piperazine rings is 1. The summed E-state index contributed by atoms with van der Waals surface area (Å²) in [6.07, 6.45) is 1.69. The highest BCUT2D eigenvalue weighted by Crippen LogP contribution is 2.34. The second kappa shape index (κ2) is 9.32. The van der Waals surface area contributed by atoms with Gasteiger partial charge in [-0.05, 0) is 20.8 Å². The Morgan fingerprint density at radius 2 is 1.88 bits per heavy atom. The average molecular weight is 497 g/mol. The molecule has 0 saturated carbocycles. The Hall–Kier alpha value is -3.02. The van der Waals surface area contributed by atoms with Crippen LogP contribution >= 0.6 is 22.7 Å². The summed E-state index contributed by atoms with van der Waals surface area (Å²) in [5, 5.41) is 14.8. The number of hydrogen-bond donors (Lipinski definition) is 2. The predicted octanol–water partition coefficient (Wildman–Crippen LogP) is 3.89. The Bertz CT molecular complexity index is 1250. The van der Waals surface area contributed by atoms with Gasteiger partial charge in [0.15, 0.2) is 10.9 Å². The van der Waals surface area contributed by atoms with Gasteiger partial charge in [-0.1, -0.05) is 41.7 Å². The molecule has 11 heteroatoms. The molecule has 178 valence electrons. The van der Waals surface area contributed by atoms with Gasteiger partial charge in [0.05, 0.1) is 6.54 Å². The van der Waals surface area contributed by atoms with Crippen molar-refractivity contribution >= 4 is 49.6 Å². The zero-order valence-electron chi connectivity index (χ0n) is 19.5. The minimum atomic E-state index is -0.131. The van der Waals surface area contributed by atoms with Crippen molar-refractivity contribution in [2.75, 3.05) is 48.3 Å². The fourth-order valence-electron chi connectivity index (χ4n) is 3.88. The fraction of sp³-hybridized carbons (Fsp3) is 0.391. The van der Waals surface area contributed by atoms with E-state index in [2.05, 4.69) is 58.3 Å². The highest BCUT2D eigenvalue weighted by atomic mass is 32.1. The maximum Gasteiger partial charge on any atom is 0.240 e. The molecule has 4 heterocycles. The lowest BCUT2D eigenvalue weighted by Gasteiger charge is -2.33. The van der Waals surface area contributed by atoms with E-state index in [4.69, 9.17) is 10.1 Å². The summed E-state index contributed by atoms with van der Waals surface area (Å²) in [6.45, 7) is 10.0. The number of carbonyl (C=O) groups is 1. The first kappa shape index (κ1) is 22.8. The van der Waals surface area contributed by atoms with Gasteiger partial charge in [0.1, 0.15) is 5.69 Å². The van der Waals surface area contributed by atoms with E-state index in [9.17, 15) is 4.79 Å². The molecule has 1 aromatic carbocycles. The van der Waals surface area contributed by atoms with Crippen LogP contribution in [0.1, 0.15) is 20.8 Å². The summed E-state index contributed by atoms with van der Waals surface area (Å²) in [5.41, 5.74) is 1.85. The summed E-state index contributed by atoms with van der Waals surface area (Å²) in [6, 6.07) is 10.2. The number of aromatic nitrogens is 4. The molecule has 9 nitrogen and oxygen atoms in total. The number of amides is 1. The van der Waals surface area contributed by atoms with Crippen LogP contribution < -0.4 is 15.5 Å². The van der Waals surface area contributed by atoms with Gasteiger partial charge in [0.25, 0.3) is 0 Å². The largest absolute Gasteiger partial charge is 0.364 e. The third-order valence-corrected chi connectivity index (χ3v) is 7.08. The van der Waals surface area contributed by atoms with Crippen LogP contribution in [0.25, 0.3) is 16.2 Å². The van der Waals surface area contributed by atoms with Gasteiger partial charge in [-0.25, -0.2) is 9.97 Å². The summed E-state index contributed by atoms with van der Waals surface area (Å²) >= 11 is 3.03. The van der Waals surface area contributed by atoms with E-state index in [1.807, 2.05) is 28.1 Å². The van der Waals surface area contributed by atoms with Gasteiger partial charge in [0.2, 0.25) is 16.0 Å². The molecular weight excluding hydrogens is 468 g/mol. The number of nitrogens with zero attached hydrogens (tertiary/aromatic N) is 6. The number of carbonyl (C=O) groups excluding carboxylic acids is 1. The molecule has 0 unspecified atom stereocenters. The first-order valence-corrected chi connectivity index (χ1v) is 13.0. The van der Waals surface area contributed by atoms with Crippen molar-refractivity contribution in [3.63, 3.8) is 0 Å². The maximum absolute atomic E-state index is 12.3. The minimum Gasteiger partial charge on any atom is -0.364 e. The quantitative estimate of drug-likeness (QED) is 0.419. The molecule has 3 aromatic heterocycles. The molecule has 0 atom stereocenters. The molecule has 0 bridgehead atoms. The van der Waals surface area contributed by atoms with Gasteiger partial charge in [-0.3, -0.25) is 9.69 Å². The van der Waals surface area contributed by atoms with Crippen molar-refractivity contribution in [1.82, 2.24) is 24.5 Å². The van der Waals surface area contributed by atoms with Crippen molar-refractivity contribution in [3.05, 3.63) is 41.9 Å². The zero-order valence-corrected chi connectivity index (χ0v) is 21.1. The molecule has 5 rings (SSSR count). The second-order valence-corrected chi connectivity index (χ2v) is 11.1. The van der Waals surface area contributed by atoms with Crippen LogP contribution in [0.15, 0.2) is 41.9 Å². The van der Waals surface area contributed by atoms with E-state index >= 15 is 0 Å². The second-order valence-electron chi connectivity index (χ2n) is 9.28. The van der Waals surface area contributed by atoms with Crippen molar-refractivity contribution in [2.45, 2.75) is 26.3 Å². The standard InChI is InChI=1S/C23H28N8OS2/c1-23(2,3)27-19-18(16-7-5-4-6-8-16)26-21-31(19)28-22(34-21)30-12-10-29(11-13-30)15-17(32)25-20-24-9-14-33-20/h4-9,14,27H,10-13,15H2,1-3H3,(H,24,25,32). The van der Waals surface area contributed by atoms with E-state index < -0.39 is 0 Å². The van der Waals surface area contributed by atoms with Gasteiger partial charge >= 0.3 is 0 Å². The molecule has 1 aliphatic heterocycles. The van der Waals surface area contributed by atoms with Crippen LogP contribution in [0.5, 0.6) is 0 Å². The smallest absolute Gasteiger partial charge is 0.240 e. The van der Waals surface area contributed by atoms with Crippen LogP contribution in [0.2, 0.25) is 0 Å². The van der Waals surface area contributed by atoms with Gasteiger partial charge in [0, 0.05) is 48.9 Å². The van der Waals surface area contributed by atoms with Crippen molar-refractivity contribution in [2.24, 2.45) is 0 Å². The van der Waals surface area contributed by atoms with Gasteiger partial charge in [-0.2, -0.15) is 4.52 Å². The highest BCUT2D eigenvalue weighted by molar-refractivity contribution is 7.20. The van der Waals surface area contributed by atoms with Crippen LogP contribution in [0.4, 0.5) is 16.1 Å². The lowest BCUT2D eigenvalue weighted by molar-refractivity contribution is -0.117. The van der Waals surface area contributed by atoms with Crippen molar-refractivity contribution < 1.29 is 4.79 Å². The molecule has 0 spiro atoms. The van der Waals surface area contributed by atoms with E-state index in [0.29, 0.717) is 11.7 Å². The molecule has 0 radical (unpaired) electrons. The average Bonchev–Trinajstić information content (AvgIpc) is 3.52. The Morgan fingerprint density at radius 3 is 2.56 bits per heavy atom. The number of anilines is 3. The van der Waals surface area contributed by atoms with E-state index in [0.717, 1.165) is 53.3 Å². The number of rotatable bonds is 6. The van der Waals surface area contributed by atoms with Crippen LogP contribution in [-0.2, 0) is 4.79 Å². The molecule has 4 aromatic rings. The zero-order chi connectivity index (χ0) is 23.7. The topological polar surface area (TPSA) is 90.7 Å². The number of benzene rings is 1. The number of imidazole rings is 1. The fourth-order valence-corrected chi connectivity index (χ4v) is 5.37. The minimum absolute atomic E-state index is 0.0255. The first-order valence-electron chi connectivity index (χ1n) is 11.3. The third kappa shape index (κ3) is 5.06. The molecule has 2 N–H and O–H groups in total.